The van der Waals surface area contributed by atoms with Gasteiger partial charge < -0.3 is 5.32 Å². The predicted octanol–water partition coefficient (Wildman–Crippen LogP) is 3.41. The zero-order valence-electron chi connectivity index (χ0n) is 8.60. The molecule has 88 valence electrons. The molecule has 1 aliphatic rings. The summed E-state index contributed by atoms with van der Waals surface area (Å²) in [5.74, 6) is -1.66. The third-order valence-electron chi connectivity index (χ3n) is 2.51. The first-order chi connectivity index (χ1) is 7.66. The summed E-state index contributed by atoms with van der Waals surface area (Å²) in [6.07, 6.45) is 2.07. The molecule has 0 radical (unpaired) electrons. The molecule has 0 saturated carbocycles. The third-order valence-corrected chi connectivity index (χ3v) is 3.73. The second-order valence-corrected chi connectivity index (χ2v) is 4.96. The van der Waals surface area contributed by atoms with E-state index < -0.39 is 17.5 Å². The highest BCUT2D eigenvalue weighted by atomic mass is 32.2. The number of anilines is 1. The maximum Gasteiger partial charge on any atom is 0.194 e. The van der Waals surface area contributed by atoms with Gasteiger partial charge in [0.25, 0.3) is 0 Å². The van der Waals surface area contributed by atoms with E-state index in [1.54, 1.807) is 0 Å². The Labute approximate surface area is 96.4 Å². The molecule has 1 fully saturated rings. The maximum absolute atomic E-state index is 12.9. The smallest absolute Gasteiger partial charge is 0.194 e. The van der Waals surface area contributed by atoms with Gasteiger partial charge in [-0.05, 0) is 18.6 Å². The lowest BCUT2D eigenvalue weighted by Gasteiger charge is -2.23. The minimum atomic E-state index is -1.41. The fourth-order valence-corrected chi connectivity index (χ4v) is 2.80. The quantitative estimate of drug-likeness (QED) is 0.804. The molecule has 1 aliphatic heterocycles. The normalized spacial score (nSPS) is 20.8. The van der Waals surface area contributed by atoms with Crippen LogP contribution in [0.3, 0.4) is 0 Å². The average Bonchev–Trinajstić information content (AvgIpc) is 2.27. The minimum absolute atomic E-state index is 0.211. The van der Waals surface area contributed by atoms with Gasteiger partial charge in [0.05, 0.1) is 0 Å². The van der Waals surface area contributed by atoms with Gasteiger partial charge in [0, 0.05) is 29.6 Å². The summed E-state index contributed by atoms with van der Waals surface area (Å²) in [6.45, 7) is 0. The van der Waals surface area contributed by atoms with Crippen LogP contribution in [0, 0.1) is 17.5 Å². The van der Waals surface area contributed by atoms with Crippen molar-refractivity contribution in [1.29, 1.82) is 0 Å². The van der Waals surface area contributed by atoms with Gasteiger partial charge in [0.2, 0.25) is 0 Å². The Morgan fingerprint density at radius 2 is 1.88 bits per heavy atom. The first-order valence-corrected chi connectivity index (χ1v) is 6.31. The van der Waals surface area contributed by atoms with Crippen LogP contribution in [0.25, 0.3) is 0 Å². The van der Waals surface area contributed by atoms with Crippen molar-refractivity contribution in [2.75, 3.05) is 16.8 Å². The zero-order chi connectivity index (χ0) is 11.5. The molecule has 0 bridgehead atoms. The number of thioether (sulfide) groups is 1. The van der Waals surface area contributed by atoms with Crippen LogP contribution in [0.15, 0.2) is 12.1 Å². The standard InChI is InChI=1S/C11H12F3NS/c12-9-4-8(5-10(13)11(9)14)15-7-2-1-3-16-6-7/h4-5,7,15H,1-3,6H2. The summed E-state index contributed by atoms with van der Waals surface area (Å²) < 4.78 is 38.6. The van der Waals surface area contributed by atoms with Crippen LogP contribution < -0.4 is 5.32 Å². The summed E-state index contributed by atoms with van der Waals surface area (Å²) in [4.78, 5) is 0. The Morgan fingerprint density at radius 1 is 1.19 bits per heavy atom. The van der Waals surface area contributed by atoms with Gasteiger partial charge in [-0.2, -0.15) is 11.8 Å². The molecular weight excluding hydrogens is 235 g/mol. The fraction of sp³-hybridized carbons (Fsp3) is 0.455. The number of halogens is 3. The van der Waals surface area contributed by atoms with Crippen LogP contribution in [-0.2, 0) is 0 Å². The summed E-state index contributed by atoms with van der Waals surface area (Å²) in [5.41, 5.74) is 0.309. The molecule has 0 aliphatic carbocycles. The van der Waals surface area contributed by atoms with Crippen LogP contribution in [0.2, 0.25) is 0 Å². The van der Waals surface area contributed by atoms with Gasteiger partial charge in [0.15, 0.2) is 17.5 Å². The lowest BCUT2D eigenvalue weighted by molar-refractivity contribution is 0.447. The molecule has 1 aromatic carbocycles. The molecule has 2 rings (SSSR count). The van der Waals surface area contributed by atoms with E-state index in [1.165, 1.54) is 0 Å². The van der Waals surface area contributed by atoms with Crippen molar-refractivity contribution in [3.8, 4) is 0 Å². The SMILES string of the molecule is Fc1cc(NC2CCCSC2)cc(F)c1F. The van der Waals surface area contributed by atoms with Crippen molar-refractivity contribution in [2.24, 2.45) is 0 Å². The van der Waals surface area contributed by atoms with Crippen molar-refractivity contribution in [3.63, 3.8) is 0 Å². The molecule has 1 saturated heterocycles. The van der Waals surface area contributed by atoms with E-state index in [9.17, 15) is 13.2 Å². The molecule has 0 aromatic heterocycles. The molecule has 16 heavy (non-hydrogen) atoms. The number of hydrogen-bond donors (Lipinski definition) is 1. The van der Waals surface area contributed by atoms with Gasteiger partial charge in [-0.3, -0.25) is 0 Å². The van der Waals surface area contributed by atoms with E-state index in [-0.39, 0.29) is 6.04 Å². The lowest BCUT2D eigenvalue weighted by atomic mass is 10.1. The minimum Gasteiger partial charge on any atom is -0.381 e. The van der Waals surface area contributed by atoms with E-state index in [1.807, 2.05) is 11.8 Å². The van der Waals surface area contributed by atoms with Crippen molar-refractivity contribution < 1.29 is 13.2 Å². The Hall–Kier alpha value is -0.840. The van der Waals surface area contributed by atoms with Gasteiger partial charge in [0.1, 0.15) is 0 Å². The van der Waals surface area contributed by atoms with E-state index >= 15 is 0 Å². The lowest BCUT2D eigenvalue weighted by Crippen LogP contribution is -2.25. The molecule has 1 aromatic rings. The molecule has 1 unspecified atom stereocenters. The second kappa shape index (κ2) is 4.99. The third kappa shape index (κ3) is 2.64. The first-order valence-electron chi connectivity index (χ1n) is 5.15. The Kier molecular flexibility index (Phi) is 3.63. The molecule has 0 spiro atoms. The van der Waals surface area contributed by atoms with Gasteiger partial charge in [-0.15, -0.1) is 0 Å². The topological polar surface area (TPSA) is 12.0 Å². The largest absolute Gasteiger partial charge is 0.381 e. The summed E-state index contributed by atoms with van der Waals surface area (Å²) in [5, 5.41) is 3.02. The predicted molar refractivity (Wildman–Crippen MR) is 60.3 cm³/mol. The first kappa shape index (κ1) is 11.6. The Balaban J connectivity index is 2.09. The zero-order valence-corrected chi connectivity index (χ0v) is 9.42. The summed E-state index contributed by atoms with van der Waals surface area (Å²) >= 11 is 1.81. The molecule has 1 atom stereocenters. The van der Waals surface area contributed by atoms with Crippen LogP contribution in [-0.4, -0.2) is 17.5 Å². The van der Waals surface area contributed by atoms with Crippen molar-refractivity contribution >= 4 is 17.4 Å². The van der Waals surface area contributed by atoms with E-state index in [0.29, 0.717) is 5.69 Å². The van der Waals surface area contributed by atoms with Crippen LogP contribution in [0.1, 0.15) is 12.8 Å². The second-order valence-electron chi connectivity index (χ2n) is 3.81. The molecule has 1 nitrogen and oxygen atoms in total. The van der Waals surface area contributed by atoms with Crippen LogP contribution in [0.4, 0.5) is 18.9 Å². The maximum atomic E-state index is 12.9. The van der Waals surface area contributed by atoms with Gasteiger partial charge >= 0.3 is 0 Å². The molecular formula is C11H12F3NS. The highest BCUT2D eigenvalue weighted by Gasteiger charge is 2.16. The summed E-state index contributed by atoms with van der Waals surface area (Å²) in [7, 11) is 0. The van der Waals surface area contributed by atoms with E-state index in [4.69, 9.17) is 0 Å². The average molecular weight is 247 g/mol. The van der Waals surface area contributed by atoms with E-state index in [2.05, 4.69) is 5.32 Å². The van der Waals surface area contributed by atoms with Crippen molar-refractivity contribution in [2.45, 2.75) is 18.9 Å². The number of hydrogen-bond acceptors (Lipinski definition) is 2. The highest BCUT2D eigenvalue weighted by molar-refractivity contribution is 7.99. The van der Waals surface area contributed by atoms with Crippen LogP contribution >= 0.6 is 11.8 Å². The monoisotopic (exact) mass is 247 g/mol. The van der Waals surface area contributed by atoms with Gasteiger partial charge in [-0.1, -0.05) is 0 Å². The van der Waals surface area contributed by atoms with Gasteiger partial charge in [-0.25, -0.2) is 13.2 Å². The van der Waals surface area contributed by atoms with E-state index in [0.717, 1.165) is 36.5 Å². The van der Waals surface area contributed by atoms with Crippen molar-refractivity contribution in [1.82, 2.24) is 0 Å². The molecule has 5 heteroatoms. The number of nitrogens with one attached hydrogen (secondary N) is 1. The summed E-state index contributed by atoms with van der Waals surface area (Å²) in [6, 6.07) is 2.21. The molecule has 1 N–H and O–H groups in total. The fourth-order valence-electron chi connectivity index (χ4n) is 1.73. The Bertz CT molecular complexity index is 354. The molecule has 1 heterocycles. The molecule has 0 amide bonds. The van der Waals surface area contributed by atoms with Crippen LogP contribution in [0.5, 0.6) is 0 Å². The Morgan fingerprint density at radius 3 is 2.44 bits per heavy atom. The van der Waals surface area contributed by atoms with Crippen molar-refractivity contribution in [3.05, 3.63) is 29.6 Å². The highest BCUT2D eigenvalue weighted by Crippen LogP contribution is 2.23. The number of rotatable bonds is 2. The number of benzene rings is 1.